The molecule has 3 heteroatoms. The summed E-state index contributed by atoms with van der Waals surface area (Å²) in [5, 5.41) is 3.43. The molecule has 1 saturated heterocycles. The summed E-state index contributed by atoms with van der Waals surface area (Å²) in [6, 6.07) is 0.499. The molecule has 1 N–H and O–H groups in total. The predicted molar refractivity (Wildman–Crippen MR) is 45.8 cm³/mol. The van der Waals surface area contributed by atoms with Gasteiger partial charge in [-0.05, 0) is 14.0 Å². The number of piperazine rings is 1. The van der Waals surface area contributed by atoms with Gasteiger partial charge in [-0.3, -0.25) is 0 Å². The van der Waals surface area contributed by atoms with Gasteiger partial charge in [0.2, 0.25) is 0 Å². The Morgan fingerprint density at radius 3 is 2.91 bits per heavy atom. The molecule has 11 heavy (non-hydrogen) atoms. The number of hydrogen-bond donors (Lipinski definition) is 1. The van der Waals surface area contributed by atoms with Gasteiger partial charge in [0.15, 0.2) is 0 Å². The highest BCUT2D eigenvalue weighted by atomic mass is 16.5. The summed E-state index contributed by atoms with van der Waals surface area (Å²) in [5.74, 6) is 0. The molecule has 3 nitrogen and oxygen atoms in total. The van der Waals surface area contributed by atoms with E-state index in [-0.39, 0.29) is 0 Å². The zero-order valence-corrected chi connectivity index (χ0v) is 7.63. The molecule has 2 atom stereocenters. The van der Waals surface area contributed by atoms with Crippen molar-refractivity contribution in [3.05, 3.63) is 0 Å². The maximum atomic E-state index is 5.25. The van der Waals surface area contributed by atoms with Crippen molar-refractivity contribution in [1.82, 2.24) is 10.2 Å². The van der Waals surface area contributed by atoms with Crippen LogP contribution in [0.25, 0.3) is 0 Å². The van der Waals surface area contributed by atoms with Gasteiger partial charge in [0.25, 0.3) is 0 Å². The molecule has 0 aliphatic carbocycles. The summed E-state index contributed by atoms with van der Waals surface area (Å²) in [6.07, 6.45) is 0.317. The molecule has 0 spiro atoms. The lowest BCUT2D eigenvalue weighted by Crippen LogP contribution is -2.54. The minimum Gasteiger partial charge on any atom is -0.380 e. The third-order valence-electron chi connectivity index (χ3n) is 2.35. The van der Waals surface area contributed by atoms with Crippen LogP contribution < -0.4 is 5.32 Å². The van der Waals surface area contributed by atoms with Crippen LogP contribution >= 0.6 is 0 Å². The summed E-state index contributed by atoms with van der Waals surface area (Å²) in [4.78, 5) is 2.33. The topological polar surface area (TPSA) is 24.5 Å². The van der Waals surface area contributed by atoms with E-state index in [1.54, 1.807) is 7.11 Å². The van der Waals surface area contributed by atoms with Gasteiger partial charge in [-0.1, -0.05) is 0 Å². The molecule has 0 amide bonds. The average molecular weight is 158 g/mol. The Bertz CT molecular complexity index is 119. The quantitative estimate of drug-likeness (QED) is 0.608. The van der Waals surface area contributed by atoms with Gasteiger partial charge in [-0.2, -0.15) is 0 Å². The average Bonchev–Trinajstić information content (AvgIpc) is 2.03. The van der Waals surface area contributed by atoms with E-state index in [2.05, 4.69) is 24.2 Å². The second-order valence-electron chi connectivity index (χ2n) is 3.26. The van der Waals surface area contributed by atoms with Crippen LogP contribution in [0.2, 0.25) is 0 Å². The molecule has 1 fully saturated rings. The second kappa shape index (κ2) is 4.04. The Hall–Kier alpha value is -0.120. The van der Waals surface area contributed by atoms with Crippen molar-refractivity contribution in [2.45, 2.75) is 19.1 Å². The Balaban J connectivity index is 2.33. The fraction of sp³-hybridized carbons (Fsp3) is 1.00. The first-order valence-corrected chi connectivity index (χ1v) is 4.18. The maximum absolute atomic E-state index is 5.25. The lowest BCUT2D eigenvalue weighted by Gasteiger charge is -2.33. The van der Waals surface area contributed by atoms with Crippen molar-refractivity contribution in [3.63, 3.8) is 0 Å². The molecule has 0 radical (unpaired) electrons. The lowest BCUT2D eigenvalue weighted by molar-refractivity contribution is 0.0580. The standard InChI is InChI=1S/C8H18N2O/c1-7(11-3)8-6-10(2)5-4-9-8/h7-9H,4-6H2,1-3H3. The molecule has 0 aromatic heterocycles. The summed E-state index contributed by atoms with van der Waals surface area (Å²) in [6.45, 7) is 5.42. The smallest absolute Gasteiger partial charge is 0.0708 e. The fourth-order valence-electron chi connectivity index (χ4n) is 1.41. The molecule has 1 heterocycles. The van der Waals surface area contributed by atoms with Gasteiger partial charge in [0.1, 0.15) is 0 Å². The van der Waals surface area contributed by atoms with Crippen molar-refractivity contribution in [2.24, 2.45) is 0 Å². The molecule has 0 aromatic carbocycles. The molecular formula is C8H18N2O. The fourth-order valence-corrected chi connectivity index (χ4v) is 1.41. The van der Waals surface area contributed by atoms with Crippen LogP contribution in [0.4, 0.5) is 0 Å². The van der Waals surface area contributed by atoms with Crippen molar-refractivity contribution in [1.29, 1.82) is 0 Å². The number of rotatable bonds is 2. The maximum Gasteiger partial charge on any atom is 0.0708 e. The van der Waals surface area contributed by atoms with Crippen molar-refractivity contribution in [2.75, 3.05) is 33.8 Å². The zero-order valence-electron chi connectivity index (χ0n) is 7.63. The van der Waals surface area contributed by atoms with Crippen LogP contribution in [0.15, 0.2) is 0 Å². The summed E-state index contributed by atoms with van der Waals surface area (Å²) in [7, 11) is 3.91. The molecule has 0 aromatic rings. The van der Waals surface area contributed by atoms with Crippen molar-refractivity contribution < 1.29 is 4.74 Å². The van der Waals surface area contributed by atoms with Crippen molar-refractivity contribution in [3.8, 4) is 0 Å². The third kappa shape index (κ3) is 2.43. The van der Waals surface area contributed by atoms with Gasteiger partial charge in [0, 0.05) is 32.8 Å². The largest absolute Gasteiger partial charge is 0.380 e. The van der Waals surface area contributed by atoms with E-state index in [1.165, 1.54) is 0 Å². The molecule has 2 unspecified atom stereocenters. The van der Waals surface area contributed by atoms with E-state index in [4.69, 9.17) is 4.74 Å². The molecule has 0 bridgehead atoms. The molecule has 66 valence electrons. The summed E-state index contributed by atoms with van der Waals surface area (Å²) in [5.41, 5.74) is 0. The highest BCUT2D eigenvalue weighted by Gasteiger charge is 2.21. The van der Waals surface area contributed by atoms with E-state index in [0.29, 0.717) is 12.1 Å². The number of methoxy groups -OCH3 is 1. The number of hydrogen-bond acceptors (Lipinski definition) is 3. The van der Waals surface area contributed by atoms with Crippen LogP contribution in [-0.4, -0.2) is 50.8 Å². The van der Waals surface area contributed by atoms with E-state index in [1.807, 2.05) is 0 Å². The zero-order chi connectivity index (χ0) is 8.27. The Morgan fingerprint density at radius 2 is 2.36 bits per heavy atom. The van der Waals surface area contributed by atoms with Crippen LogP contribution in [0.1, 0.15) is 6.92 Å². The monoisotopic (exact) mass is 158 g/mol. The van der Waals surface area contributed by atoms with E-state index in [9.17, 15) is 0 Å². The number of nitrogens with zero attached hydrogens (tertiary/aromatic N) is 1. The molecule has 1 aliphatic rings. The van der Waals surface area contributed by atoms with Crippen LogP contribution in [0.5, 0.6) is 0 Å². The molecule has 0 saturated carbocycles. The molecular weight excluding hydrogens is 140 g/mol. The first-order valence-electron chi connectivity index (χ1n) is 4.18. The van der Waals surface area contributed by atoms with Crippen molar-refractivity contribution >= 4 is 0 Å². The van der Waals surface area contributed by atoms with Crippen LogP contribution in [0.3, 0.4) is 0 Å². The summed E-state index contributed by atoms with van der Waals surface area (Å²) >= 11 is 0. The van der Waals surface area contributed by atoms with Gasteiger partial charge in [0.05, 0.1) is 6.10 Å². The van der Waals surface area contributed by atoms with Gasteiger partial charge in [-0.25, -0.2) is 0 Å². The highest BCUT2D eigenvalue weighted by Crippen LogP contribution is 2.02. The number of likely N-dealkylation sites (N-methyl/N-ethyl adjacent to an activating group) is 1. The third-order valence-corrected chi connectivity index (χ3v) is 2.35. The normalized spacial score (nSPS) is 30.3. The molecule has 1 rings (SSSR count). The lowest BCUT2D eigenvalue weighted by atomic mass is 10.1. The second-order valence-corrected chi connectivity index (χ2v) is 3.26. The Labute approximate surface area is 68.7 Å². The van der Waals surface area contributed by atoms with Crippen LogP contribution in [0, 0.1) is 0 Å². The van der Waals surface area contributed by atoms with Gasteiger partial charge >= 0.3 is 0 Å². The minimum absolute atomic E-state index is 0.317. The number of ether oxygens (including phenoxy) is 1. The SMILES string of the molecule is COC(C)C1CN(C)CCN1. The Morgan fingerprint density at radius 1 is 1.64 bits per heavy atom. The van der Waals surface area contributed by atoms with E-state index < -0.39 is 0 Å². The minimum atomic E-state index is 0.317. The first-order chi connectivity index (χ1) is 5.24. The van der Waals surface area contributed by atoms with E-state index in [0.717, 1.165) is 19.6 Å². The highest BCUT2D eigenvalue weighted by molar-refractivity contribution is 4.81. The predicted octanol–water partition coefficient (Wildman–Crippen LogP) is -0.0751. The molecule has 1 aliphatic heterocycles. The van der Waals surface area contributed by atoms with Crippen LogP contribution in [-0.2, 0) is 4.74 Å². The van der Waals surface area contributed by atoms with Gasteiger partial charge < -0.3 is 15.0 Å². The Kier molecular flexibility index (Phi) is 3.30. The summed E-state index contributed by atoms with van der Waals surface area (Å²) < 4.78 is 5.25. The first kappa shape index (κ1) is 8.97. The van der Waals surface area contributed by atoms with E-state index >= 15 is 0 Å². The number of nitrogens with one attached hydrogen (secondary N) is 1. The van der Waals surface area contributed by atoms with Gasteiger partial charge in [-0.15, -0.1) is 0 Å².